The van der Waals surface area contributed by atoms with Crippen LogP contribution in [0.3, 0.4) is 0 Å². The maximum Gasteiger partial charge on any atom is 0.234 e. The minimum absolute atomic E-state index is 0.0752. The van der Waals surface area contributed by atoms with Crippen LogP contribution in [-0.2, 0) is 17.3 Å². The predicted molar refractivity (Wildman–Crippen MR) is 111 cm³/mol. The Kier molecular flexibility index (Phi) is 5.84. The van der Waals surface area contributed by atoms with Gasteiger partial charge in [0, 0.05) is 18.3 Å². The second-order valence-electron chi connectivity index (χ2n) is 7.54. The van der Waals surface area contributed by atoms with E-state index in [0.29, 0.717) is 11.0 Å². The highest BCUT2D eigenvalue weighted by atomic mass is 32.2. The van der Waals surface area contributed by atoms with Crippen molar-refractivity contribution in [2.24, 2.45) is 7.05 Å². The molecular weight excluding hydrogens is 375 g/mol. The minimum Gasteiger partial charge on any atom is -0.325 e. The second-order valence-corrected chi connectivity index (χ2v) is 8.48. The number of carbonyl (C=O) groups is 1. The van der Waals surface area contributed by atoms with Gasteiger partial charge >= 0.3 is 0 Å². The van der Waals surface area contributed by atoms with Crippen molar-refractivity contribution in [2.75, 3.05) is 11.1 Å². The third-order valence-electron chi connectivity index (χ3n) is 4.30. The molecule has 28 heavy (non-hydrogen) atoms. The number of rotatable bonds is 5. The van der Waals surface area contributed by atoms with Gasteiger partial charge in [-0.2, -0.15) is 0 Å². The van der Waals surface area contributed by atoms with E-state index in [1.54, 1.807) is 16.7 Å². The number of hydrogen-bond donors (Lipinski definition) is 1. The Morgan fingerprint density at radius 2 is 1.71 bits per heavy atom. The molecule has 3 aromatic rings. The molecule has 0 saturated heterocycles. The maximum atomic E-state index is 13.1. The van der Waals surface area contributed by atoms with E-state index in [4.69, 9.17) is 0 Å². The van der Waals surface area contributed by atoms with Crippen molar-refractivity contribution in [3.63, 3.8) is 0 Å². The fraction of sp³-hybridized carbons (Fsp3) is 0.286. The number of thioether (sulfide) groups is 1. The summed E-state index contributed by atoms with van der Waals surface area (Å²) in [5, 5.41) is 11.8. The Morgan fingerprint density at radius 3 is 2.32 bits per heavy atom. The molecule has 5 nitrogen and oxygen atoms in total. The van der Waals surface area contributed by atoms with Crippen molar-refractivity contribution >= 4 is 23.4 Å². The van der Waals surface area contributed by atoms with E-state index < -0.39 is 0 Å². The number of halogens is 1. The third-order valence-corrected chi connectivity index (χ3v) is 5.32. The lowest BCUT2D eigenvalue weighted by Crippen LogP contribution is -2.15. The van der Waals surface area contributed by atoms with Crippen molar-refractivity contribution in [1.82, 2.24) is 14.8 Å². The molecule has 0 aliphatic rings. The van der Waals surface area contributed by atoms with Crippen LogP contribution in [0.2, 0.25) is 0 Å². The normalized spacial score (nSPS) is 11.5. The van der Waals surface area contributed by atoms with Gasteiger partial charge in [-0.25, -0.2) is 4.39 Å². The van der Waals surface area contributed by atoms with Gasteiger partial charge < -0.3 is 9.88 Å². The Balaban J connectivity index is 1.60. The molecule has 0 radical (unpaired) electrons. The molecule has 1 aromatic heterocycles. The lowest BCUT2D eigenvalue weighted by atomic mass is 9.87. The molecule has 0 atom stereocenters. The fourth-order valence-electron chi connectivity index (χ4n) is 2.67. The average molecular weight is 399 g/mol. The second kappa shape index (κ2) is 8.14. The van der Waals surface area contributed by atoms with Gasteiger partial charge in [-0.3, -0.25) is 4.79 Å². The van der Waals surface area contributed by atoms with Gasteiger partial charge in [0.2, 0.25) is 5.91 Å². The smallest absolute Gasteiger partial charge is 0.234 e. The highest BCUT2D eigenvalue weighted by Gasteiger charge is 2.15. The van der Waals surface area contributed by atoms with Gasteiger partial charge in [0.1, 0.15) is 5.82 Å². The third kappa shape index (κ3) is 4.78. The van der Waals surface area contributed by atoms with E-state index in [2.05, 4.69) is 36.3 Å². The fourth-order valence-corrected chi connectivity index (χ4v) is 3.38. The number of aromatic nitrogens is 3. The Morgan fingerprint density at radius 1 is 1.07 bits per heavy atom. The van der Waals surface area contributed by atoms with Crippen LogP contribution in [0.15, 0.2) is 53.7 Å². The van der Waals surface area contributed by atoms with E-state index in [1.807, 2.05) is 31.3 Å². The van der Waals surface area contributed by atoms with Crippen LogP contribution in [-0.4, -0.2) is 26.4 Å². The van der Waals surface area contributed by atoms with Crippen LogP contribution < -0.4 is 5.32 Å². The quantitative estimate of drug-likeness (QED) is 0.636. The zero-order chi connectivity index (χ0) is 20.3. The van der Waals surface area contributed by atoms with Gasteiger partial charge in [0.25, 0.3) is 0 Å². The minimum atomic E-state index is -0.298. The number of nitrogens with one attached hydrogen (secondary N) is 1. The standard InChI is InChI=1S/C21H23FN4OS/c1-21(2,3)15-7-11-17(12-8-15)23-18(27)13-28-20-25-24-19(26(20)4)14-5-9-16(22)10-6-14/h5-12H,13H2,1-4H3,(H,23,27). The number of amides is 1. The monoisotopic (exact) mass is 398 g/mol. The number of nitrogens with zero attached hydrogens (tertiary/aromatic N) is 3. The van der Waals surface area contributed by atoms with Crippen molar-refractivity contribution in [1.29, 1.82) is 0 Å². The zero-order valence-corrected chi connectivity index (χ0v) is 17.2. The lowest BCUT2D eigenvalue weighted by molar-refractivity contribution is -0.113. The Labute approximate surface area is 168 Å². The highest BCUT2D eigenvalue weighted by Crippen LogP contribution is 2.25. The molecule has 0 aliphatic heterocycles. The average Bonchev–Trinajstić information content (AvgIpc) is 3.01. The molecule has 0 spiro atoms. The summed E-state index contributed by atoms with van der Waals surface area (Å²) in [5.41, 5.74) is 2.83. The Bertz CT molecular complexity index is 960. The highest BCUT2D eigenvalue weighted by molar-refractivity contribution is 7.99. The van der Waals surface area contributed by atoms with Gasteiger partial charge in [-0.15, -0.1) is 10.2 Å². The summed E-state index contributed by atoms with van der Waals surface area (Å²) in [7, 11) is 1.82. The van der Waals surface area contributed by atoms with Gasteiger partial charge in [-0.1, -0.05) is 44.7 Å². The molecule has 146 valence electrons. The largest absolute Gasteiger partial charge is 0.325 e. The molecule has 1 N–H and O–H groups in total. The first-order chi connectivity index (χ1) is 13.2. The molecular formula is C21H23FN4OS. The summed E-state index contributed by atoms with van der Waals surface area (Å²) in [6.07, 6.45) is 0. The summed E-state index contributed by atoms with van der Waals surface area (Å²) in [6, 6.07) is 14.0. The van der Waals surface area contributed by atoms with E-state index in [0.717, 1.165) is 11.3 Å². The van der Waals surface area contributed by atoms with Gasteiger partial charge in [-0.05, 0) is 47.4 Å². The first-order valence-corrected chi connectivity index (χ1v) is 9.91. The molecule has 0 unspecified atom stereocenters. The van der Waals surface area contributed by atoms with Gasteiger partial charge in [0.05, 0.1) is 5.75 Å². The lowest BCUT2D eigenvalue weighted by Gasteiger charge is -2.19. The molecule has 7 heteroatoms. The van der Waals surface area contributed by atoms with E-state index in [-0.39, 0.29) is 22.9 Å². The van der Waals surface area contributed by atoms with Crippen molar-refractivity contribution < 1.29 is 9.18 Å². The summed E-state index contributed by atoms with van der Waals surface area (Å²) < 4.78 is 14.9. The SMILES string of the molecule is Cn1c(SCC(=O)Nc2ccc(C(C)(C)C)cc2)nnc1-c1ccc(F)cc1. The zero-order valence-electron chi connectivity index (χ0n) is 16.4. The Hall–Kier alpha value is -2.67. The van der Waals surface area contributed by atoms with Crippen LogP contribution >= 0.6 is 11.8 Å². The van der Waals surface area contributed by atoms with E-state index in [1.165, 1.54) is 29.5 Å². The molecule has 3 rings (SSSR count). The molecule has 0 bridgehead atoms. The van der Waals surface area contributed by atoms with Crippen molar-refractivity contribution in [2.45, 2.75) is 31.3 Å². The number of anilines is 1. The molecule has 0 saturated carbocycles. The first kappa shape index (κ1) is 20.1. The summed E-state index contributed by atoms with van der Waals surface area (Å²) in [5.74, 6) is 0.435. The number of benzene rings is 2. The predicted octanol–water partition coefficient (Wildman–Crippen LogP) is 4.65. The van der Waals surface area contributed by atoms with Crippen LogP contribution in [0.25, 0.3) is 11.4 Å². The number of hydrogen-bond acceptors (Lipinski definition) is 4. The summed E-state index contributed by atoms with van der Waals surface area (Å²) >= 11 is 1.30. The molecule has 1 heterocycles. The van der Waals surface area contributed by atoms with E-state index in [9.17, 15) is 9.18 Å². The van der Waals surface area contributed by atoms with E-state index >= 15 is 0 Å². The first-order valence-electron chi connectivity index (χ1n) is 8.92. The molecule has 2 aromatic carbocycles. The number of carbonyl (C=O) groups excluding carboxylic acids is 1. The summed E-state index contributed by atoms with van der Waals surface area (Å²) in [4.78, 5) is 12.3. The topological polar surface area (TPSA) is 59.8 Å². The van der Waals surface area contributed by atoms with Crippen LogP contribution in [0.1, 0.15) is 26.3 Å². The maximum absolute atomic E-state index is 13.1. The van der Waals surface area contributed by atoms with Crippen LogP contribution in [0.5, 0.6) is 0 Å². The van der Waals surface area contributed by atoms with Crippen LogP contribution in [0.4, 0.5) is 10.1 Å². The molecule has 0 fully saturated rings. The van der Waals surface area contributed by atoms with Gasteiger partial charge in [0.15, 0.2) is 11.0 Å². The van der Waals surface area contributed by atoms with Crippen LogP contribution in [0, 0.1) is 5.82 Å². The summed E-state index contributed by atoms with van der Waals surface area (Å²) in [6.45, 7) is 6.45. The van der Waals surface area contributed by atoms with Crippen molar-refractivity contribution in [3.8, 4) is 11.4 Å². The molecule has 1 amide bonds. The molecule has 0 aliphatic carbocycles. The van der Waals surface area contributed by atoms with Crippen molar-refractivity contribution in [3.05, 3.63) is 59.9 Å².